The van der Waals surface area contributed by atoms with Gasteiger partial charge in [0.05, 0.1) is 26.9 Å². The Hall–Kier alpha value is -5.53. The van der Waals surface area contributed by atoms with Crippen molar-refractivity contribution in [2.45, 2.75) is 64.3 Å². The third kappa shape index (κ3) is 8.74. The number of fused-ring (bicyclic) bond motifs is 2. The van der Waals surface area contributed by atoms with Crippen molar-refractivity contribution in [3.8, 4) is 5.69 Å². The van der Waals surface area contributed by atoms with Crippen LogP contribution in [0.15, 0.2) is 83.8 Å². The number of amides is 4. The largest absolute Gasteiger partial charge is 0.345 e. The van der Waals surface area contributed by atoms with E-state index in [9.17, 15) is 27.6 Å². The van der Waals surface area contributed by atoms with Crippen molar-refractivity contribution in [1.29, 1.82) is 0 Å². The molecule has 2 heterocycles. The summed E-state index contributed by atoms with van der Waals surface area (Å²) in [4.78, 5) is 59.4. The molecule has 0 unspecified atom stereocenters. The van der Waals surface area contributed by atoms with Crippen LogP contribution in [0.4, 0.5) is 0 Å². The lowest BCUT2D eigenvalue weighted by Crippen LogP contribution is -2.37. The maximum atomic E-state index is 14.5. The lowest BCUT2D eigenvalue weighted by Gasteiger charge is -2.29. The van der Waals surface area contributed by atoms with Crippen LogP contribution in [-0.2, 0) is 23.0 Å². The fraction of sp³-hybridized carbons (Fsp3) is 0.326. The molecule has 4 aromatic carbocycles. The van der Waals surface area contributed by atoms with E-state index < -0.39 is 21.8 Å². The minimum absolute atomic E-state index is 0.0631. The molecule has 1 aromatic heterocycles. The highest BCUT2D eigenvalue weighted by molar-refractivity contribution is 7.90. The summed E-state index contributed by atoms with van der Waals surface area (Å²) in [5, 5.41) is 6.04. The van der Waals surface area contributed by atoms with Gasteiger partial charge in [-0.3, -0.25) is 19.2 Å². The summed E-state index contributed by atoms with van der Waals surface area (Å²) in [6.45, 7) is 7.68. The molecule has 0 atom stereocenters. The number of rotatable bonds is 13. The first kappa shape index (κ1) is 41.1. The van der Waals surface area contributed by atoms with Gasteiger partial charge in [0.15, 0.2) is 5.69 Å². The molecule has 12 nitrogen and oxygen atoms in total. The lowest BCUT2D eigenvalue weighted by molar-refractivity contribution is 0.0732. The minimum Gasteiger partial charge on any atom is -0.345 e. The SMILES string of the molecule is CCCCN(CCCC)C(=O)c1nn(-c2ccc(C(=O)NS(=O)(=O)c3ccc4ccc(C(=O)N(C)C)cc4c3)cc2C(=O)N2CCc3ccccc3C2)c(C)c1Cl. The third-order valence-electron chi connectivity index (χ3n) is 10.2. The van der Waals surface area contributed by atoms with Crippen molar-refractivity contribution < 1.29 is 27.6 Å². The molecule has 0 saturated carbocycles. The number of hydrogen-bond donors (Lipinski definition) is 1. The fourth-order valence-electron chi connectivity index (χ4n) is 6.91. The molecule has 1 N–H and O–H groups in total. The van der Waals surface area contributed by atoms with E-state index in [1.165, 1.54) is 39.9 Å². The maximum Gasteiger partial charge on any atom is 0.275 e. The van der Waals surface area contributed by atoms with Crippen LogP contribution in [-0.4, -0.2) is 90.3 Å². The second kappa shape index (κ2) is 17.3. The van der Waals surface area contributed by atoms with Crippen LogP contribution >= 0.6 is 11.6 Å². The van der Waals surface area contributed by atoms with Gasteiger partial charge in [-0.1, -0.05) is 74.7 Å². The molecule has 1 aliphatic heterocycles. The quantitative estimate of drug-likeness (QED) is 0.134. The standard InChI is InChI=1S/C43H47ClN6O6S/c1-6-8-21-48(22-9-7-2)43(54)39-38(44)28(3)50(45-39)37-19-17-31(26-36(37)42(53)49-23-20-29-12-10-11-13-33(29)27-49)40(51)46-57(55,56)35-18-16-30-14-15-32(24-34(30)25-35)41(52)47(4)5/h10-19,24-26H,6-9,20-23,27H2,1-5H3,(H,46,51). The van der Waals surface area contributed by atoms with Crippen LogP contribution in [0.25, 0.3) is 16.5 Å². The topological polar surface area (TPSA) is 142 Å². The zero-order chi connectivity index (χ0) is 41.0. The van der Waals surface area contributed by atoms with Crippen LogP contribution in [0.3, 0.4) is 0 Å². The van der Waals surface area contributed by atoms with E-state index in [0.29, 0.717) is 54.6 Å². The van der Waals surface area contributed by atoms with E-state index in [4.69, 9.17) is 11.6 Å². The number of benzene rings is 4. The number of sulfonamides is 1. The normalized spacial score (nSPS) is 12.6. The van der Waals surface area contributed by atoms with Crippen molar-refractivity contribution in [2.24, 2.45) is 0 Å². The van der Waals surface area contributed by atoms with Crippen molar-refractivity contribution in [3.63, 3.8) is 0 Å². The molecule has 0 radical (unpaired) electrons. The molecule has 0 spiro atoms. The van der Waals surface area contributed by atoms with E-state index in [2.05, 4.69) is 23.7 Å². The second-order valence-corrected chi connectivity index (χ2v) is 16.6. The third-order valence-corrected chi connectivity index (χ3v) is 12.0. The van der Waals surface area contributed by atoms with Crippen molar-refractivity contribution in [3.05, 3.63) is 123 Å². The molecule has 298 valence electrons. The Balaban J connectivity index is 1.37. The number of carbonyl (C=O) groups is 4. The summed E-state index contributed by atoms with van der Waals surface area (Å²) in [7, 11) is -1.15. The maximum absolute atomic E-state index is 14.5. The molecule has 0 saturated heterocycles. The van der Waals surface area contributed by atoms with E-state index >= 15 is 0 Å². The second-order valence-electron chi connectivity index (χ2n) is 14.5. The van der Waals surface area contributed by atoms with E-state index in [-0.39, 0.29) is 44.2 Å². The van der Waals surface area contributed by atoms with Gasteiger partial charge < -0.3 is 14.7 Å². The predicted octanol–water partition coefficient (Wildman–Crippen LogP) is 7.05. The van der Waals surface area contributed by atoms with Gasteiger partial charge in [-0.05, 0) is 90.6 Å². The number of aromatic nitrogens is 2. The summed E-state index contributed by atoms with van der Waals surface area (Å²) in [5.41, 5.74) is 3.29. The number of halogens is 1. The molecule has 5 aromatic rings. The Labute approximate surface area is 338 Å². The summed E-state index contributed by atoms with van der Waals surface area (Å²) >= 11 is 6.82. The molecule has 1 aliphatic rings. The highest BCUT2D eigenvalue weighted by Crippen LogP contribution is 2.30. The van der Waals surface area contributed by atoms with Crippen LogP contribution < -0.4 is 4.72 Å². The molecule has 0 aliphatic carbocycles. The number of nitrogens with one attached hydrogen (secondary N) is 1. The van der Waals surface area contributed by atoms with Gasteiger partial charge in [0.1, 0.15) is 0 Å². The smallest absolute Gasteiger partial charge is 0.275 e. The van der Waals surface area contributed by atoms with E-state index in [1.807, 2.05) is 24.3 Å². The van der Waals surface area contributed by atoms with E-state index in [0.717, 1.165) is 36.8 Å². The van der Waals surface area contributed by atoms with Crippen LogP contribution in [0.5, 0.6) is 0 Å². The minimum atomic E-state index is -4.41. The Morgan fingerprint density at radius 3 is 2.18 bits per heavy atom. The Bertz CT molecular complexity index is 2470. The molecule has 14 heteroatoms. The Morgan fingerprint density at radius 2 is 1.49 bits per heavy atom. The van der Waals surface area contributed by atoms with Gasteiger partial charge in [0.25, 0.3) is 33.7 Å². The zero-order valence-corrected chi connectivity index (χ0v) is 34.4. The van der Waals surface area contributed by atoms with Crippen molar-refractivity contribution in [1.82, 2.24) is 29.2 Å². The monoisotopic (exact) mass is 810 g/mol. The molecule has 6 rings (SSSR count). The fourth-order valence-corrected chi connectivity index (χ4v) is 8.12. The number of hydrogen-bond acceptors (Lipinski definition) is 7. The molecule has 4 amide bonds. The Kier molecular flexibility index (Phi) is 12.5. The van der Waals surface area contributed by atoms with Crippen molar-refractivity contribution >= 4 is 56.0 Å². The van der Waals surface area contributed by atoms with Crippen molar-refractivity contribution in [2.75, 3.05) is 33.7 Å². The summed E-state index contributed by atoms with van der Waals surface area (Å²) in [5.74, 6) is -1.90. The van der Waals surface area contributed by atoms with Gasteiger partial charge in [-0.25, -0.2) is 17.8 Å². The van der Waals surface area contributed by atoms with Gasteiger partial charge in [0.2, 0.25) is 0 Å². The first-order valence-electron chi connectivity index (χ1n) is 19.1. The predicted molar refractivity (Wildman–Crippen MR) is 221 cm³/mol. The van der Waals surface area contributed by atoms with Gasteiger partial charge >= 0.3 is 0 Å². The molecular formula is C43H47ClN6O6S. The van der Waals surface area contributed by atoms with Gasteiger partial charge in [-0.15, -0.1) is 0 Å². The summed E-state index contributed by atoms with van der Waals surface area (Å²) in [6.07, 6.45) is 4.09. The van der Waals surface area contributed by atoms with Gasteiger partial charge in [-0.2, -0.15) is 5.10 Å². The molecular weight excluding hydrogens is 764 g/mol. The average Bonchev–Trinajstić information content (AvgIpc) is 3.51. The summed E-state index contributed by atoms with van der Waals surface area (Å²) < 4.78 is 30.9. The number of nitrogens with zero attached hydrogens (tertiary/aromatic N) is 5. The van der Waals surface area contributed by atoms with Crippen LogP contribution in [0.1, 0.15) is 97.9 Å². The first-order valence-corrected chi connectivity index (χ1v) is 21.0. The van der Waals surface area contributed by atoms with Gasteiger partial charge in [0, 0.05) is 51.4 Å². The number of carbonyl (C=O) groups excluding carboxylic acids is 4. The Morgan fingerprint density at radius 1 is 0.825 bits per heavy atom. The first-order chi connectivity index (χ1) is 27.2. The van der Waals surface area contributed by atoms with E-state index in [1.54, 1.807) is 55.1 Å². The van der Waals surface area contributed by atoms with Crippen LogP contribution in [0.2, 0.25) is 5.02 Å². The molecule has 0 fully saturated rings. The zero-order valence-electron chi connectivity index (χ0n) is 32.8. The highest BCUT2D eigenvalue weighted by Gasteiger charge is 2.30. The molecule has 57 heavy (non-hydrogen) atoms. The lowest BCUT2D eigenvalue weighted by atomic mass is 9.98. The highest BCUT2D eigenvalue weighted by atomic mass is 35.5. The van der Waals surface area contributed by atoms with Crippen LogP contribution in [0, 0.1) is 6.92 Å². The average molecular weight is 811 g/mol. The molecule has 0 bridgehead atoms. The number of unbranched alkanes of at least 4 members (excludes halogenated alkanes) is 2. The summed E-state index contributed by atoms with van der Waals surface area (Å²) in [6, 6.07) is 21.5.